The van der Waals surface area contributed by atoms with Crippen LogP contribution in [0.4, 0.5) is 0 Å². The average Bonchev–Trinajstić information content (AvgIpc) is 2.90. The first kappa shape index (κ1) is 12.9. The summed E-state index contributed by atoms with van der Waals surface area (Å²) < 4.78 is 10.9. The maximum Gasteiger partial charge on any atom is 0.158 e. The Balaban J connectivity index is 1.95. The summed E-state index contributed by atoms with van der Waals surface area (Å²) in [6, 6.07) is 0. The van der Waals surface area contributed by atoms with Gasteiger partial charge < -0.3 is 14.8 Å². The minimum Gasteiger partial charge on any atom is -0.353 e. The summed E-state index contributed by atoms with van der Waals surface area (Å²) in [7, 11) is 0. The third kappa shape index (κ3) is 5.50. The Bertz CT molecular complexity index is 158. The average molecular weight is 215 g/mol. The summed E-state index contributed by atoms with van der Waals surface area (Å²) in [6.07, 6.45) is 2.32. The minimum atomic E-state index is -0.0240. The van der Waals surface area contributed by atoms with Gasteiger partial charge in [-0.2, -0.15) is 0 Å². The molecule has 2 unspecified atom stereocenters. The molecule has 1 N–H and O–H groups in total. The second-order valence-electron chi connectivity index (χ2n) is 4.31. The van der Waals surface area contributed by atoms with Crippen molar-refractivity contribution >= 4 is 0 Å². The smallest absolute Gasteiger partial charge is 0.158 e. The molecule has 3 heteroatoms. The SMILES string of the molecule is CCOC(CCNCC1CC1C)OCC. The molecule has 0 aromatic rings. The molecule has 90 valence electrons. The zero-order chi connectivity index (χ0) is 11.1. The highest BCUT2D eigenvalue weighted by Gasteiger charge is 2.31. The predicted molar refractivity (Wildman–Crippen MR) is 61.8 cm³/mol. The summed E-state index contributed by atoms with van der Waals surface area (Å²) >= 11 is 0. The van der Waals surface area contributed by atoms with Crippen LogP contribution in [-0.2, 0) is 9.47 Å². The fourth-order valence-corrected chi connectivity index (χ4v) is 1.78. The normalized spacial score (nSPS) is 24.8. The van der Waals surface area contributed by atoms with Crippen LogP contribution >= 0.6 is 0 Å². The van der Waals surface area contributed by atoms with E-state index >= 15 is 0 Å². The molecular formula is C12H25NO2. The molecule has 0 spiro atoms. The number of rotatable bonds is 9. The largest absolute Gasteiger partial charge is 0.353 e. The van der Waals surface area contributed by atoms with E-state index < -0.39 is 0 Å². The van der Waals surface area contributed by atoms with Gasteiger partial charge in [-0.1, -0.05) is 6.92 Å². The molecule has 0 aliphatic heterocycles. The molecule has 1 aliphatic rings. The molecule has 3 nitrogen and oxygen atoms in total. The van der Waals surface area contributed by atoms with Gasteiger partial charge in [-0.25, -0.2) is 0 Å². The van der Waals surface area contributed by atoms with Crippen LogP contribution in [0.25, 0.3) is 0 Å². The quantitative estimate of drug-likeness (QED) is 0.471. The van der Waals surface area contributed by atoms with Crippen LogP contribution in [-0.4, -0.2) is 32.6 Å². The molecule has 1 rings (SSSR count). The first-order chi connectivity index (χ1) is 7.27. The van der Waals surface area contributed by atoms with Gasteiger partial charge in [-0.15, -0.1) is 0 Å². The van der Waals surface area contributed by atoms with E-state index in [0.29, 0.717) is 0 Å². The molecule has 0 aromatic heterocycles. The van der Waals surface area contributed by atoms with Crippen LogP contribution in [0.1, 0.15) is 33.6 Å². The van der Waals surface area contributed by atoms with Crippen molar-refractivity contribution in [2.45, 2.75) is 39.9 Å². The van der Waals surface area contributed by atoms with Crippen molar-refractivity contribution in [2.75, 3.05) is 26.3 Å². The standard InChI is InChI=1S/C12H25NO2/c1-4-14-12(15-5-2)6-7-13-9-11-8-10(11)3/h10-13H,4-9H2,1-3H3. The van der Waals surface area contributed by atoms with Crippen LogP contribution in [0.3, 0.4) is 0 Å². The molecule has 0 aromatic carbocycles. The Morgan fingerprint density at radius 1 is 1.27 bits per heavy atom. The summed E-state index contributed by atoms with van der Waals surface area (Å²) in [5.74, 6) is 1.86. The molecule has 1 fully saturated rings. The Labute approximate surface area is 93.5 Å². The predicted octanol–water partition coefficient (Wildman–Crippen LogP) is 2.02. The molecule has 15 heavy (non-hydrogen) atoms. The van der Waals surface area contributed by atoms with Gasteiger partial charge in [-0.05, 0) is 45.2 Å². The van der Waals surface area contributed by atoms with E-state index in [1.807, 2.05) is 13.8 Å². The van der Waals surface area contributed by atoms with Crippen molar-refractivity contribution in [3.8, 4) is 0 Å². The molecule has 0 amide bonds. The van der Waals surface area contributed by atoms with E-state index in [9.17, 15) is 0 Å². The molecular weight excluding hydrogens is 190 g/mol. The van der Waals surface area contributed by atoms with E-state index in [4.69, 9.17) is 9.47 Å². The summed E-state index contributed by atoms with van der Waals surface area (Å²) in [5, 5.41) is 3.47. The highest BCUT2D eigenvalue weighted by molar-refractivity contribution is 4.83. The molecule has 0 saturated heterocycles. The van der Waals surface area contributed by atoms with E-state index in [1.54, 1.807) is 0 Å². The Morgan fingerprint density at radius 2 is 1.87 bits per heavy atom. The monoisotopic (exact) mass is 215 g/mol. The lowest BCUT2D eigenvalue weighted by molar-refractivity contribution is -0.138. The van der Waals surface area contributed by atoms with E-state index in [2.05, 4.69) is 12.2 Å². The van der Waals surface area contributed by atoms with Gasteiger partial charge in [0.1, 0.15) is 0 Å². The number of hydrogen-bond donors (Lipinski definition) is 1. The van der Waals surface area contributed by atoms with Gasteiger partial charge in [0.2, 0.25) is 0 Å². The summed E-state index contributed by atoms with van der Waals surface area (Å²) in [6.45, 7) is 9.93. The van der Waals surface area contributed by atoms with Gasteiger partial charge in [0.15, 0.2) is 6.29 Å². The van der Waals surface area contributed by atoms with Gasteiger partial charge in [0.05, 0.1) is 0 Å². The molecule has 0 radical (unpaired) electrons. The van der Waals surface area contributed by atoms with Crippen LogP contribution in [0.15, 0.2) is 0 Å². The van der Waals surface area contributed by atoms with Crippen LogP contribution in [0.2, 0.25) is 0 Å². The van der Waals surface area contributed by atoms with Gasteiger partial charge in [0.25, 0.3) is 0 Å². The highest BCUT2D eigenvalue weighted by atomic mass is 16.7. The lowest BCUT2D eigenvalue weighted by Crippen LogP contribution is -2.26. The van der Waals surface area contributed by atoms with E-state index in [0.717, 1.165) is 44.6 Å². The van der Waals surface area contributed by atoms with Crippen molar-refractivity contribution in [1.82, 2.24) is 5.32 Å². The molecule has 2 atom stereocenters. The Hall–Kier alpha value is -0.120. The Morgan fingerprint density at radius 3 is 2.33 bits per heavy atom. The fraction of sp³-hybridized carbons (Fsp3) is 1.00. The number of ether oxygens (including phenoxy) is 2. The van der Waals surface area contributed by atoms with E-state index in [-0.39, 0.29) is 6.29 Å². The summed E-state index contributed by atoms with van der Waals surface area (Å²) in [5.41, 5.74) is 0. The zero-order valence-corrected chi connectivity index (χ0v) is 10.3. The molecule has 0 heterocycles. The Kier molecular flexibility index (Phi) is 6.22. The van der Waals surface area contributed by atoms with Crippen LogP contribution in [0.5, 0.6) is 0 Å². The second kappa shape index (κ2) is 7.20. The van der Waals surface area contributed by atoms with Crippen LogP contribution < -0.4 is 5.32 Å². The van der Waals surface area contributed by atoms with Crippen molar-refractivity contribution in [3.63, 3.8) is 0 Å². The molecule has 0 bridgehead atoms. The number of hydrogen-bond acceptors (Lipinski definition) is 3. The van der Waals surface area contributed by atoms with Gasteiger partial charge in [-0.3, -0.25) is 0 Å². The highest BCUT2D eigenvalue weighted by Crippen LogP contribution is 2.36. The third-order valence-electron chi connectivity index (χ3n) is 2.94. The molecule has 1 saturated carbocycles. The van der Waals surface area contributed by atoms with Crippen molar-refractivity contribution < 1.29 is 9.47 Å². The lowest BCUT2D eigenvalue weighted by Gasteiger charge is -2.16. The van der Waals surface area contributed by atoms with E-state index in [1.165, 1.54) is 6.42 Å². The topological polar surface area (TPSA) is 30.5 Å². The van der Waals surface area contributed by atoms with Gasteiger partial charge in [0, 0.05) is 19.6 Å². The zero-order valence-electron chi connectivity index (χ0n) is 10.3. The van der Waals surface area contributed by atoms with Crippen molar-refractivity contribution in [2.24, 2.45) is 11.8 Å². The first-order valence-electron chi connectivity index (χ1n) is 6.21. The van der Waals surface area contributed by atoms with Crippen molar-refractivity contribution in [3.05, 3.63) is 0 Å². The second-order valence-corrected chi connectivity index (χ2v) is 4.31. The third-order valence-corrected chi connectivity index (χ3v) is 2.94. The summed E-state index contributed by atoms with van der Waals surface area (Å²) in [4.78, 5) is 0. The number of nitrogens with one attached hydrogen (secondary N) is 1. The minimum absolute atomic E-state index is 0.0240. The fourth-order valence-electron chi connectivity index (χ4n) is 1.78. The van der Waals surface area contributed by atoms with Crippen LogP contribution in [0, 0.1) is 11.8 Å². The lowest BCUT2D eigenvalue weighted by atomic mass is 10.3. The first-order valence-corrected chi connectivity index (χ1v) is 6.21. The van der Waals surface area contributed by atoms with Gasteiger partial charge >= 0.3 is 0 Å². The molecule has 1 aliphatic carbocycles. The van der Waals surface area contributed by atoms with Crippen molar-refractivity contribution in [1.29, 1.82) is 0 Å². The maximum atomic E-state index is 5.46. The maximum absolute atomic E-state index is 5.46.